The fourth-order valence-electron chi connectivity index (χ4n) is 3.53. The molecule has 0 aliphatic heterocycles. The van der Waals surface area contributed by atoms with Crippen molar-refractivity contribution in [1.82, 2.24) is 0 Å². The predicted molar refractivity (Wildman–Crippen MR) is 119 cm³/mol. The van der Waals surface area contributed by atoms with E-state index in [0.717, 1.165) is 12.1 Å². The van der Waals surface area contributed by atoms with Crippen LogP contribution in [-0.2, 0) is 30.4 Å². The molecule has 13 nitrogen and oxygen atoms in total. The summed E-state index contributed by atoms with van der Waals surface area (Å²) in [5.74, 6) is -2.00. The normalized spacial score (nSPS) is 13.1. The first-order valence-corrected chi connectivity index (χ1v) is 13.7. The summed E-state index contributed by atoms with van der Waals surface area (Å²) >= 11 is 0. The number of hydrogen-bond donors (Lipinski definition) is 2. The maximum atomic E-state index is 11.9. The standard InChI is InChI=1S/C20H14N2O11S3/c23-15-9-11(34(25,26)27)7-10-8-17(36(31,32)33)19(20(24)18(10)15)22-21-14-5-6-16(35(28,29)30)13-4-2-1-3-12(13)14/h1-9,23-24H,(H,25,26,27)(H,28,29,30)(H,31,32,33)/p-3. The van der Waals surface area contributed by atoms with Crippen LogP contribution in [0.4, 0.5) is 11.4 Å². The molecule has 0 bridgehead atoms. The lowest BCUT2D eigenvalue weighted by atomic mass is 10.1. The van der Waals surface area contributed by atoms with Crippen molar-refractivity contribution >= 4 is 63.3 Å². The van der Waals surface area contributed by atoms with Crippen molar-refractivity contribution in [1.29, 1.82) is 0 Å². The molecule has 36 heavy (non-hydrogen) atoms. The van der Waals surface area contributed by atoms with Crippen molar-refractivity contribution in [3.8, 4) is 11.5 Å². The number of azo groups is 1. The van der Waals surface area contributed by atoms with Gasteiger partial charge in [-0.05, 0) is 35.7 Å². The average Bonchev–Trinajstić information content (AvgIpc) is 2.75. The molecule has 0 saturated carbocycles. The molecule has 0 unspecified atom stereocenters. The predicted octanol–water partition coefficient (Wildman–Crippen LogP) is 2.53. The maximum Gasteiger partial charge on any atom is 0.155 e. The molecule has 0 radical (unpaired) electrons. The summed E-state index contributed by atoms with van der Waals surface area (Å²) in [5, 5.41) is 27.4. The van der Waals surface area contributed by atoms with Gasteiger partial charge in [-0.1, -0.05) is 24.3 Å². The van der Waals surface area contributed by atoms with E-state index in [1.165, 1.54) is 24.3 Å². The van der Waals surface area contributed by atoms with E-state index in [-0.39, 0.29) is 16.5 Å². The summed E-state index contributed by atoms with van der Waals surface area (Å²) in [6.45, 7) is 0. The Morgan fingerprint density at radius 1 is 0.667 bits per heavy atom. The molecule has 2 N–H and O–H groups in total. The Morgan fingerprint density at radius 3 is 1.86 bits per heavy atom. The Labute approximate surface area is 203 Å². The Kier molecular flexibility index (Phi) is 5.98. The molecular formula is C20H11N2O11S3-3. The number of rotatable bonds is 5. The van der Waals surface area contributed by atoms with Crippen LogP contribution in [0, 0.1) is 0 Å². The van der Waals surface area contributed by atoms with E-state index in [1.807, 2.05) is 0 Å². The third-order valence-corrected chi connectivity index (χ3v) is 7.61. The van der Waals surface area contributed by atoms with Gasteiger partial charge in [0.2, 0.25) is 0 Å². The van der Waals surface area contributed by atoms with Crippen molar-refractivity contribution in [2.75, 3.05) is 0 Å². The van der Waals surface area contributed by atoms with Crippen molar-refractivity contribution in [3.05, 3.63) is 54.6 Å². The summed E-state index contributed by atoms with van der Waals surface area (Å²) in [5.41, 5.74) is -1.00. The van der Waals surface area contributed by atoms with Crippen LogP contribution in [0.1, 0.15) is 0 Å². The zero-order chi connectivity index (χ0) is 26.6. The summed E-state index contributed by atoms with van der Waals surface area (Å²) in [7, 11) is -15.3. The average molecular weight is 552 g/mol. The molecule has 4 aromatic rings. The van der Waals surface area contributed by atoms with Crippen molar-refractivity contribution in [2.24, 2.45) is 10.2 Å². The second-order valence-electron chi connectivity index (χ2n) is 7.30. The van der Waals surface area contributed by atoms with E-state index in [9.17, 15) is 49.1 Å². The van der Waals surface area contributed by atoms with Crippen LogP contribution >= 0.6 is 0 Å². The van der Waals surface area contributed by atoms with Crippen molar-refractivity contribution < 1.29 is 49.1 Å². The Hall–Kier alpha value is -3.67. The van der Waals surface area contributed by atoms with Gasteiger partial charge in [0.1, 0.15) is 41.8 Å². The number of phenols is 2. The zero-order valence-electron chi connectivity index (χ0n) is 17.4. The number of phenolic OH excluding ortho intramolecular Hbond substituents is 2. The number of nitrogens with zero attached hydrogens (tertiary/aromatic N) is 2. The van der Waals surface area contributed by atoms with Crippen molar-refractivity contribution in [3.63, 3.8) is 0 Å². The highest BCUT2D eigenvalue weighted by atomic mass is 32.2. The van der Waals surface area contributed by atoms with Gasteiger partial charge in [0.25, 0.3) is 0 Å². The highest BCUT2D eigenvalue weighted by molar-refractivity contribution is 7.86. The molecule has 0 aliphatic carbocycles. The van der Waals surface area contributed by atoms with Gasteiger partial charge in [0, 0.05) is 10.8 Å². The minimum absolute atomic E-state index is 0.0210. The van der Waals surface area contributed by atoms with E-state index in [0.29, 0.717) is 18.2 Å². The second-order valence-corrected chi connectivity index (χ2v) is 11.4. The summed E-state index contributed by atoms with van der Waals surface area (Å²) in [6.07, 6.45) is 0. The molecule has 0 aliphatic rings. The summed E-state index contributed by atoms with van der Waals surface area (Å²) in [6, 6.07) is 9.46. The highest BCUT2D eigenvalue weighted by Gasteiger charge is 2.21. The maximum absolute atomic E-state index is 11.9. The smallest absolute Gasteiger partial charge is 0.155 e. The largest absolute Gasteiger partial charge is 0.744 e. The molecule has 0 fully saturated rings. The van der Waals surface area contributed by atoms with Gasteiger partial charge < -0.3 is 23.9 Å². The third kappa shape index (κ3) is 4.60. The summed E-state index contributed by atoms with van der Waals surface area (Å²) < 4.78 is 104. The topological polar surface area (TPSA) is 237 Å². The van der Waals surface area contributed by atoms with E-state index in [1.54, 1.807) is 0 Å². The fraction of sp³-hybridized carbons (Fsp3) is 0. The second kappa shape index (κ2) is 8.47. The first-order valence-electron chi connectivity index (χ1n) is 9.43. The molecule has 188 valence electrons. The Morgan fingerprint density at radius 2 is 1.28 bits per heavy atom. The van der Waals surface area contributed by atoms with Gasteiger partial charge in [-0.15, -0.1) is 10.2 Å². The molecular weight excluding hydrogens is 540 g/mol. The molecule has 0 heterocycles. The van der Waals surface area contributed by atoms with E-state index < -0.39 is 73.0 Å². The van der Waals surface area contributed by atoms with E-state index >= 15 is 0 Å². The molecule has 0 spiro atoms. The van der Waals surface area contributed by atoms with Crippen molar-refractivity contribution in [2.45, 2.75) is 14.7 Å². The van der Waals surface area contributed by atoms with Crippen LogP contribution in [0.15, 0.2) is 79.5 Å². The highest BCUT2D eigenvalue weighted by Crippen LogP contribution is 2.45. The third-order valence-electron chi connectivity index (χ3n) is 5.05. The lowest BCUT2D eigenvalue weighted by molar-refractivity contribution is 0.451. The molecule has 0 saturated heterocycles. The van der Waals surface area contributed by atoms with Gasteiger partial charge in [-0.2, -0.15) is 0 Å². The first kappa shape index (κ1) is 25.4. The number of aromatic hydroxyl groups is 2. The molecule has 4 rings (SSSR count). The monoisotopic (exact) mass is 551 g/mol. The van der Waals surface area contributed by atoms with E-state index in [4.69, 9.17) is 0 Å². The number of hydrogen-bond acceptors (Lipinski definition) is 13. The minimum atomic E-state index is -5.38. The lowest BCUT2D eigenvalue weighted by Gasteiger charge is -2.16. The number of fused-ring (bicyclic) bond motifs is 2. The minimum Gasteiger partial charge on any atom is -0.744 e. The Bertz CT molecular complexity index is 1930. The Balaban J connectivity index is 2.01. The van der Waals surface area contributed by atoms with Gasteiger partial charge in [-0.25, -0.2) is 25.3 Å². The van der Waals surface area contributed by atoms with Crippen LogP contribution in [0.3, 0.4) is 0 Å². The zero-order valence-corrected chi connectivity index (χ0v) is 19.8. The fourth-order valence-corrected chi connectivity index (χ4v) is 5.39. The summed E-state index contributed by atoms with van der Waals surface area (Å²) in [4.78, 5) is -2.66. The van der Waals surface area contributed by atoms with Crippen LogP contribution in [0.25, 0.3) is 21.5 Å². The molecule has 16 heteroatoms. The lowest BCUT2D eigenvalue weighted by Crippen LogP contribution is -2.01. The number of benzene rings is 4. The van der Waals surface area contributed by atoms with Crippen LogP contribution < -0.4 is 0 Å². The SMILES string of the molecule is O=S(=O)([O-])c1cc(O)c2c(O)c(N=Nc3ccc(S(=O)(=O)[O-])c4ccccc34)c(S(=O)(=O)[O-])cc2c1. The van der Waals surface area contributed by atoms with Gasteiger partial charge >= 0.3 is 0 Å². The molecule has 0 atom stereocenters. The van der Waals surface area contributed by atoms with Gasteiger partial charge in [0.05, 0.1) is 25.8 Å². The quantitative estimate of drug-likeness (QED) is 0.270. The van der Waals surface area contributed by atoms with Crippen LogP contribution in [0.2, 0.25) is 0 Å². The van der Waals surface area contributed by atoms with E-state index in [2.05, 4.69) is 10.2 Å². The molecule has 0 amide bonds. The van der Waals surface area contributed by atoms with Gasteiger partial charge in [0.15, 0.2) is 5.75 Å². The molecule has 4 aromatic carbocycles. The first-order chi connectivity index (χ1) is 16.6. The van der Waals surface area contributed by atoms with Gasteiger partial charge in [-0.3, -0.25) is 0 Å². The molecule has 0 aromatic heterocycles. The van der Waals surface area contributed by atoms with Crippen LogP contribution in [0.5, 0.6) is 11.5 Å². The van der Waals surface area contributed by atoms with Crippen LogP contribution in [-0.4, -0.2) is 49.1 Å².